The van der Waals surface area contributed by atoms with E-state index in [0.29, 0.717) is 11.3 Å². The summed E-state index contributed by atoms with van der Waals surface area (Å²) in [6.07, 6.45) is 0. The Balaban J connectivity index is 2.26. The van der Waals surface area contributed by atoms with Crippen LogP contribution in [0.25, 0.3) is 0 Å². The van der Waals surface area contributed by atoms with E-state index >= 15 is 0 Å². The number of methoxy groups -OCH3 is 1. The Bertz CT molecular complexity index is 765. The molecule has 0 unspecified atom stereocenters. The Kier molecular flexibility index (Phi) is 4.83. The molecule has 118 valence electrons. The van der Waals surface area contributed by atoms with E-state index in [-0.39, 0.29) is 11.4 Å². The first-order chi connectivity index (χ1) is 10.3. The smallest absolute Gasteiger partial charge is 0.240 e. The number of sulfonamides is 1. The highest BCUT2D eigenvalue weighted by Crippen LogP contribution is 2.26. The molecule has 0 radical (unpaired) electrons. The second kappa shape index (κ2) is 6.46. The molecule has 22 heavy (non-hydrogen) atoms. The average Bonchev–Trinajstić information content (AvgIpc) is 2.46. The van der Waals surface area contributed by atoms with Gasteiger partial charge in [0, 0.05) is 12.1 Å². The zero-order valence-corrected chi connectivity index (χ0v) is 13.5. The van der Waals surface area contributed by atoms with Crippen molar-refractivity contribution in [2.45, 2.75) is 25.3 Å². The van der Waals surface area contributed by atoms with Crippen molar-refractivity contribution in [2.75, 3.05) is 7.11 Å². The molecule has 2 rings (SSSR count). The molecule has 0 atom stereocenters. The van der Waals surface area contributed by atoms with Gasteiger partial charge in [-0.25, -0.2) is 17.5 Å². The van der Waals surface area contributed by atoms with Gasteiger partial charge in [0.1, 0.15) is 11.6 Å². The molecule has 0 saturated carbocycles. The predicted octanol–water partition coefficient (Wildman–Crippen LogP) is 2.93. The number of halogens is 1. The summed E-state index contributed by atoms with van der Waals surface area (Å²) in [6.45, 7) is 3.46. The molecule has 0 amide bonds. The van der Waals surface area contributed by atoms with Crippen LogP contribution in [0.15, 0.2) is 41.3 Å². The van der Waals surface area contributed by atoms with Crippen molar-refractivity contribution in [2.24, 2.45) is 0 Å². The quantitative estimate of drug-likeness (QED) is 0.920. The second-order valence-corrected chi connectivity index (χ2v) is 6.77. The van der Waals surface area contributed by atoms with Crippen molar-refractivity contribution in [3.05, 3.63) is 58.9 Å². The van der Waals surface area contributed by atoms with E-state index < -0.39 is 15.8 Å². The van der Waals surface area contributed by atoms with Gasteiger partial charge in [-0.05, 0) is 43.2 Å². The lowest BCUT2D eigenvalue weighted by atomic mass is 10.1. The molecule has 0 heterocycles. The molecule has 1 N–H and O–H groups in total. The van der Waals surface area contributed by atoms with Crippen molar-refractivity contribution in [3.63, 3.8) is 0 Å². The van der Waals surface area contributed by atoms with Crippen LogP contribution in [0.5, 0.6) is 5.75 Å². The second-order valence-electron chi connectivity index (χ2n) is 5.01. The maximum atomic E-state index is 13.5. The number of hydrogen-bond donors (Lipinski definition) is 1. The average molecular weight is 323 g/mol. The van der Waals surface area contributed by atoms with E-state index in [0.717, 1.165) is 11.1 Å². The van der Waals surface area contributed by atoms with Crippen LogP contribution in [-0.4, -0.2) is 15.5 Å². The minimum absolute atomic E-state index is 0.0981. The number of nitrogens with one attached hydrogen (secondary N) is 1. The maximum Gasteiger partial charge on any atom is 0.240 e. The van der Waals surface area contributed by atoms with Crippen molar-refractivity contribution in [1.82, 2.24) is 4.72 Å². The molecule has 0 aliphatic heterocycles. The summed E-state index contributed by atoms with van der Waals surface area (Å²) in [7, 11) is -2.18. The molecule has 6 heteroatoms. The van der Waals surface area contributed by atoms with Gasteiger partial charge in [0.15, 0.2) is 0 Å². The van der Waals surface area contributed by atoms with Crippen LogP contribution in [0, 0.1) is 19.7 Å². The number of ether oxygens (including phenoxy) is 1. The zero-order chi connectivity index (χ0) is 16.3. The van der Waals surface area contributed by atoms with E-state index in [1.807, 2.05) is 0 Å². The molecule has 0 saturated heterocycles. The Hall–Kier alpha value is -1.92. The van der Waals surface area contributed by atoms with Crippen LogP contribution in [0.3, 0.4) is 0 Å². The molecule has 0 fully saturated rings. The first-order valence-corrected chi connectivity index (χ1v) is 8.22. The molecule has 2 aromatic rings. The summed E-state index contributed by atoms with van der Waals surface area (Å²) in [5.41, 5.74) is 1.76. The predicted molar refractivity (Wildman–Crippen MR) is 82.9 cm³/mol. The summed E-state index contributed by atoms with van der Waals surface area (Å²) < 4.78 is 45.9. The van der Waals surface area contributed by atoms with E-state index in [2.05, 4.69) is 4.72 Å². The lowest BCUT2D eigenvalue weighted by Crippen LogP contribution is -2.24. The Morgan fingerprint density at radius 2 is 1.73 bits per heavy atom. The largest absolute Gasteiger partial charge is 0.496 e. The van der Waals surface area contributed by atoms with Crippen LogP contribution < -0.4 is 9.46 Å². The molecule has 0 aliphatic carbocycles. The lowest BCUT2D eigenvalue weighted by molar-refractivity contribution is 0.408. The third kappa shape index (κ3) is 3.45. The number of rotatable bonds is 5. The van der Waals surface area contributed by atoms with Crippen molar-refractivity contribution in [1.29, 1.82) is 0 Å². The van der Waals surface area contributed by atoms with Gasteiger partial charge in [-0.2, -0.15) is 0 Å². The van der Waals surface area contributed by atoms with Crippen molar-refractivity contribution >= 4 is 10.0 Å². The summed E-state index contributed by atoms with van der Waals surface area (Å²) >= 11 is 0. The highest BCUT2D eigenvalue weighted by atomic mass is 32.2. The molecule has 4 nitrogen and oxygen atoms in total. The fraction of sp³-hybridized carbons (Fsp3) is 0.250. The highest BCUT2D eigenvalue weighted by molar-refractivity contribution is 7.89. The Morgan fingerprint density at radius 3 is 2.27 bits per heavy atom. The Labute approximate surface area is 130 Å². The summed E-state index contributed by atoms with van der Waals surface area (Å²) in [6, 6.07) is 9.14. The van der Waals surface area contributed by atoms with Crippen molar-refractivity contribution < 1.29 is 17.5 Å². The van der Waals surface area contributed by atoms with E-state index in [9.17, 15) is 12.8 Å². The fourth-order valence-electron chi connectivity index (χ4n) is 2.29. The Morgan fingerprint density at radius 1 is 1.14 bits per heavy atom. The third-order valence-electron chi connectivity index (χ3n) is 3.36. The summed E-state index contributed by atoms with van der Waals surface area (Å²) in [5, 5.41) is 0. The van der Waals surface area contributed by atoms with Crippen LogP contribution in [0.2, 0.25) is 0 Å². The normalized spacial score (nSPS) is 11.5. The van der Waals surface area contributed by atoms with Crippen LogP contribution in [0.4, 0.5) is 4.39 Å². The lowest BCUT2D eigenvalue weighted by Gasteiger charge is -2.12. The molecular formula is C16H18FNO3S. The monoisotopic (exact) mass is 323 g/mol. The van der Waals surface area contributed by atoms with Crippen molar-refractivity contribution in [3.8, 4) is 5.75 Å². The third-order valence-corrected chi connectivity index (χ3v) is 4.74. The summed E-state index contributed by atoms with van der Waals surface area (Å²) in [4.78, 5) is 0.139. The SMILES string of the molecule is COc1c(C)cc(S(=O)(=O)NCc2ccccc2F)cc1C. The van der Waals surface area contributed by atoms with Gasteiger partial charge in [0.25, 0.3) is 0 Å². The topological polar surface area (TPSA) is 55.4 Å². The minimum Gasteiger partial charge on any atom is -0.496 e. The van der Waals surface area contributed by atoms with Crippen LogP contribution >= 0.6 is 0 Å². The highest BCUT2D eigenvalue weighted by Gasteiger charge is 2.17. The van der Waals surface area contributed by atoms with Gasteiger partial charge < -0.3 is 4.74 Å². The van der Waals surface area contributed by atoms with Gasteiger partial charge >= 0.3 is 0 Å². The zero-order valence-electron chi connectivity index (χ0n) is 12.7. The van der Waals surface area contributed by atoms with E-state index in [1.54, 1.807) is 39.2 Å². The fourth-order valence-corrected chi connectivity index (χ4v) is 3.46. The number of hydrogen-bond acceptors (Lipinski definition) is 3. The van der Waals surface area contributed by atoms with E-state index in [1.165, 1.54) is 18.2 Å². The van der Waals surface area contributed by atoms with Crippen LogP contribution in [0.1, 0.15) is 16.7 Å². The molecular weight excluding hydrogens is 305 g/mol. The number of benzene rings is 2. The number of aryl methyl sites for hydroxylation is 2. The van der Waals surface area contributed by atoms with E-state index in [4.69, 9.17) is 4.74 Å². The van der Waals surface area contributed by atoms with Gasteiger partial charge in [-0.15, -0.1) is 0 Å². The van der Waals surface area contributed by atoms with Gasteiger partial charge in [-0.3, -0.25) is 0 Å². The van der Waals surface area contributed by atoms with Gasteiger partial charge in [-0.1, -0.05) is 18.2 Å². The maximum absolute atomic E-state index is 13.5. The van der Waals surface area contributed by atoms with Gasteiger partial charge in [0.2, 0.25) is 10.0 Å². The first-order valence-electron chi connectivity index (χ1n) is 6.73. The molecule has 0 spiro atoms. The molecule has 0 aromatic heterocycles. The minimum atomic E-state index is -3.72. The first kappa shape index (κ1) is 16.5. The molecule has 2 aromatic carbocycles. The van der Waals surface area contributed by atoms with Crippen LogP contribution in [-0.2, 0) is 16.6 Å². The standard InChI is InChI=1S/C16H18FNO3S/c1-11-8-14(9-12(2)16(11)21-3)22(19,20)18-10-13-6-4-5-7-15(13)17/h4-9,18H,10H2,1-3H3. The van der Waals surface area contributed by atoms with Gasteiger partial charge in [0.05, 0.1) is 12.0 Å². The molecule has 0 bridgehead atoms. The summed E-state index contributed by atoms with van der Waals surface area (Å²) in [5.74, 6) is 0.223. The molecule has 0 aliphatic rings.